The molecule has 0 heterocycles. The van der Waals surface area contributed by atoms with Gasteiger partial charge < -0.3 is 16.2 Å². The molecular weight excluding hydrogens is 208 g/mol. The van der Waals surface area contributed by atoms with Gasteiger partial charge >= 0.3 is 5.97 Å². The normalized spacial score (nSPS) is 13.2. The number of nitrogens with one attached hydrogen (secondary N) is 1. The zero-order chi connectivity index (χ0) is 12.8. The number of nitrogens with two attached hydrogens (primary N) is 1. The van der Waals surface area contributed by atoms with Crippen LogP contribution in [0.4, 0.5) is 0 Å². The number of rotatable bonds is 7. The maximum absolute atomic E-state index is 11.7. The molecule has 5 heteroatoms. The summed E-state index contributed by atoms with van der Waals surface area (Å²) in [5.41, 5.74) is 4.92. The van der Waals surface area contributed by atoms with E-state index in [1.54, 1.807) is 13.8 Å². The molecule has 0 bridgehead atoms. The molecule has 4 N–H and O–H groups in total. The average Bonchev–Trinajstić information content (AvgIpc) is 2.16. The number of amides is 1. The molecule has 0 aliphatic heterocycles. The Hall–Kier alpha value is -1.10. The molecular formula is C11H22N2O3. The molecule has 0 saturated heterocycles. The van der Waals surface area contributed by atoms with Gasteiger partial charge in [-0.3, -0.25) is 9.59 Å². The molecule has 94 valence electrons. The minimum absolute atomic E-state index is 0.0160. The van der Waals surface area contributed by atoms with E-state index in [9.17, 15) is 9.59 Å². The van der Waals surface area contributed by atoms with Gasteiger partial charge in [0.25, 0.3) is 0 Å². The average molecular weight is 230 g/mol. The molecule has 0 fully saturated rings. The van der Waals surface area contributed by atoms with E-state index in [4.69, 9.17) is 10.8 Å². The van der Waals surface area contributed by atoms with Gasteiger partial charge in [-0.25, -0.2) is 0 Å². The Morgan fingerprint density at radius 3 is 2.44 bits per heavy atom. The Labute approximate surface area is 96.4 Å². The first kappa shape index (κ1) is 14.9. The highest BCUT2D eigenvalue weighted by Gasteiger charge is 2.26. The van der Waals surface area contributed by atoms with Crippen molar-refractivity contribution in [2.24, 2.45) is 11.1 Å². The maximum Gasteiger partial charge on any atom is 0.303 e. The Balaban J connectivity index is 3.91. The van der Waals surface area contributed by atoms with Gasteiger partial charge in [-0.1, -0.05) is 0 Å². The maximum atomic E-state index is 11.7. The van der Waals surface area contributed by atoms with Gasteiger partial charge in [0.1, 0.15) is 0 Å². The first-order valence-corrected chi connectivity index (χ1v) is 5.52. The van der Waals surface area contributed by atoms with Crippen molar-refractivity contribution in [3.63, 3.8) is 0 Å². The Bertz CT molecular complexity index is 252. The second-order valence-electron chi connectivity index (χ2n) is 4.75. The molecule has 0 rings (SSSR count). The number of hydrogen-bond acceptors (Lipinski definition) is 3. The molecule has 0 saturated carbocycles. The van der Waals surface area contributed by atoms with Crippen LogP contribution in [0.15, 0.2) is 0 Å². The van der Waals surface area contributed by atoms with Crippen molar-refractivity contribution in [3.05, 3.63) is 0 Å². The molecule has 0 aromatic rings. The topological polar surface area (TPSA) is 92.4 Å². The molecule has 0 radical (unpaired) electrons. The Kier molecular flexibility index (Phi) is 6.03. The third kappa shape index (κ3) is 5.70. The van der Waals surface area contributed by atoms with Crippen molar-refractivity contribution in [2.45, 2.75) is 46.1 Å². The Morgan fingerprint density at radius 2 is 2.00 bits per heavy atom. The van der Waals surface area contributed by atoms with Gasteiger partial charge in [0.15, 0.2) is 0 Å². The lowest BCUT2D eigenvalue weighted by atomic mass is 9.92. The van der Waals surface area contributed by atoms with Gasteiger partial charge in [0, 0.05) is 19.0 Å². The summed E-state index contributed by atoms with van der Waals surface area (Å²) in [5.74, 6) is -0.890. The first-order valence-electron chi connectivity index (χ1n) is 5.52. The van der Waals surface area contributed by atoms with Crippen LogP contribution in [-0.4, -0.2) is 29.6 Å². The van der Waals surface area contributed by atoms with Gasteiger partial charge in [0.05, 0.1) is 5.41 Å². The van der Waals surface area contributed by atoms with Crippen LogP contribution in [0.5, 0.6) is 0 Å². The standard InChI is InChI=1S/C11H22N2O3/c1-8(5-4-6-9(14)15)13-10(16)11(2,3)7-12/h8H,4-7,12H2,1-3H3,(H,13,16)(H,14,15). The van der Waals surface area contributed by atoms with Crippen LogP contribution in [0.1, 0.15) is 40.0 Å². The Morgan fingerprint density at radius 1 is 1.44 bits per heavy atom. The van der Waals surface area contributed by atoms with E-state index in [2.05, 4.69) is 5.32 Å². The molecule has 0 spiro atoms. The fraction of sp³-hybridized carbons (Fsp3) is 0.818. The quantitative estimate of drug-likeness (QED) is 0.601. The van der Waals surface area contributed by atoms with Crippen LogP contribution < -0.4 is 11.1 Å². The highest BCUT2D eigenvalue weighted by atomic mass is 16.4. The molecule has 0 aliphatic carbocycles. The molecule has 0 aromatic carbocycles. The largest absolute Gasteiger partial charge is 0.481 e. The van der Waals surface area contributed by atoms with Crippen LogP contribution >= 0.6 is 0 Å². The van der Waals surface area contributed by atoms with Gasteiger partial charge in [0.2, 0.25) is 5.91 Å². The van der Waals surface area contributed by atoms with Crippen molar-refractivity contribution in [1.29, 1.82) is 0 Å². The van der Waals surface area contributed by atoms with Gasteiger partial charge in [-0.15, -0.1) is 0 Å². The van der Waals surface area contributed by atoms with E-state index in [0.29, 0.717) is 19.4 Å². The van der Waals surface area contributed by atoms with Crippen LogP contribution in [-0.2, 0) is 9.59 Å². The zero-order valence-electron chi connectivity index (χ0n) is 10.2. The number of carboxylic acid groups (broad SMARTS) is 1. The highest BCUT2D eigenvalue weighted by molar-refractivity contribution is 5.82. The minimum atomic E-state index is -0.805. The van der Waals surface area contributed by atoms with E-state index in [1.165, 1.54) is 0 Å². The van der Waals surface area contributed by atoms with Crippen LogP contribution in [0.25, 0.3) is 0 Å². The van der Waals surface area contributed by atoms with Gasteiger partial charge in [-0.05, 0) is 33.6 Å². The molecule has 1 unspecified atom stereocenters. The van der Waals surface area contributed by atoms with Crippen LogP contribution in [0, 0.1) is 5.41 Å². The molecule has 0 aromatic heterocycles. The lowest BCUT2D eigenvalue weighted by Gasteiger charge is -2.24. The van der Waals surface area contributed by atoms with E-state index >= 15 is 0 Å². The van der Waals surface area contributed by atoms with E-state index < -0.39 is 11.4 Å². The number of aliphatic carboxylic acids is 1. The molecule has 0 aliphatic rings. The predicted molar refractivity (Wildman–Crippen MR) is 61.9 cm³/mol. The fourth-order valence-electron chi connectivity index (χ4n) is 1.14. The summed E-state index contributed by atoms with van der Waals surface area (Å²) in [7, 11) is 0. The van der Waals surface area contributed by atoms with Crippen LogP contribution in [0.2, 0.25) is 0 Å². The minimum Gasteiger partial charge on any atom is -0.481 e. The SMILES string of the molecule is CC(CCCC(=O)O)NC(=O)C(C)(C)CN. The lowest BCUT2D eigenvalue weighted by Crippen LogP contribution is -2.45. The van der Waals surface area contributed by atoms with Crippen LogP contribution in [0.3, 0.4) is 0 Å². The van der Waals surface area contributed by atoms with E-state index in [-0.39, 0.29) is 18.4 Å². The van der Waals surface area contributed by atoms with Crippen molar-refractivity contribution in [2.75, 3.05) is 6.54 Å². The van der Waals surface area contributed by atoms with Gasteiger partial charge in [-0.2, -0.15) is 0 Å². The monoisotopic (exact) mass is 230 g/mol. The second-order valence-corrected chi connectivity index (χ2v) is 4.75. The third-order valence-electron chi connectivity index (χ3n) is 2.53. The van der Waals surface area contributed by atoms with Crippen molar-refractivity contribution in [1.82, 2.24) is 5.32 Å². The predicted octanol–water partition coefficient (Wildman–Crippen LogP) is 0.731. The zero-order valence-corrected chi connectivity index (χ0v) is 10.2. The summed E-state index contributed by atoms with van der Waals surface area (Å²) >= 11 is 0. The number of carbonyl (C=O) groups is 2. The summed E-state index contributed by atoms with van der Waals surface area (Å²) < 4.78 is 0. The molecule has 16 heavy (non-hydrogen) atoms. The third-order valence-corrected chi connectivity index (χ3v) is 2.53. The summed E-state index contributed by atoms with van der Waals surface area (Å²) in [6.07, 6.45) is 1.37. The first-order chi connectivity index (χ1) is 7.29. The van der Waals surface area contributed by atoms with E-state index in [1.807, 2.05) is 6.92 Å². The molecule has 5 nitrogen and oxygen atoms in total. The summed E-state index contributed by atoms with van der Waals surface area (Å²) in [5, 5.41) is 11.3. The lowest BCUT2D eigenvalue weighted by molar-refractivity contribution is -0.137. The molecule has 1 amide bonds. The number of carbonyl (C=O) groups excluding carboxylic acids is 1. The highest BCUT2D eigenvalue weighted by Crippen LogP contribution is 2.13. The number of hydrogen-bond donors (Lipinski definition) is 3. The second kappa shape index (κ2) is 6.48. The van der Waals surface area contributed by atoms with E-state index in [0.717, 1.165) is 0 Å². The van der Waals surface area contributed by atoms with Crippen molar-refractivity contribution < 1.29 is 14.7 Å². The summed E-state index contributed by atoms with van der Waals surface area (Å²) in [4.78, 5) is 22.0. The smallest absolute Gasteiger partial charge is 0.303 e. The molecule has 1 atom stereocenters. The summed E-state index contributed by atoms with van der Waals surface area (Å²) in [6, 6.07) is -0.0160. The van der Waals surface area contributed by atoms with Crippen molar-refractivity contribution >= 4 is 11.9 Å². The number of carboxylic acids is 1. The fourth-order valence-corrected chi connectivity index (χ4v) is 1.14. The summed E-state index contributed by atoms with van der Waals surface area (Å²) in [6.45, 7) is 5.73. The van der Waals surface area contributed by atoms with Crippen molar-refractivity contribution in [3.8, 4) is 0 Å².